The van der Waals surface area contributed by atoms with Gasteiger partial charge >= 0.3 is 0 Å². The minimum atomic E-state index is 0.276. The fraction of sp³-hybridized carbons (Fsp3) is 0.786. The van der Waals surface area contributed by atoms with Crippen LogP contribution in [0.25, 0.3) is 0 Å². The number of carbonyl (C=O) groups is 1. The number of nitrogens with zero attached hydrogens (tertiary/aromatic N) is 3. The van der Waals surface area contributed by atoms with Crippen LogP contribution in [-0.4, -0.2) is 34.1 Å². The van der Waals surface area contributed by atoms with Gasteiger partial charge in [0.25, 0.3) is 0 Å². The summed E-state index contributed by atoms with van der Waals surface area (Å²) in [5.74, 6) is 2.74. The van der Waals surface area contributed by atoms with Gasteiger partial charge in [0, 0.05) is 30.8 Å². The van der Waals surface area contributed by atoms with E-state index >= 15 is 0 Å². The van der Waals surface area contributed by atoms with E-state index in [9.17, 15) is 4.79 Å². The molecule has 1 saturated carbocycles. The Hall–Kier alpha value is -1.39. The van der Waals surface area contributed by atoms with E-state index in [4.69, 9.17) is 4.42 Å². The van der Waals surface area contributed by atoms with Crippen LogP contribution in [0.5, 0.6) is 0 Å². The van der Waals surface area contributed by atoms with Crippen LogP contribution in [0, 0.1) is 5.92 Å². The third-order valence-corrected chi connectivity index (χ3v) is 4.03. The number of likely N-dealkylation sites (tertiary alicyclic amines) is 1. The highest BCUT2D eigenvalue weighted by Gasteiger charge is 2.35. The van der Waals surface area contributed by atoms with Crippen LogP contribution in [0.15, 0.2) is 4.42 Å². The molecular weight excluding hydrogens is 242 g/mol. The summed E-state index contributed by atoms with van der Waals surface area (Å²) in [4.78, 5) is 14.0. The van der Waals surface area contributed by atoms with Gasteiger partial charge in [0.1, 0.15) is 0 Å². The van der Waals surface area contributed by atoms with Gasteiger partial charge < -0.3 is 9.32 Å². The second-order valence-corrected chi connectivity index (χ2v) is 6.01. The quantitative estimate of drug-likeness (QED) is 0.839. The molecule has 0 radical (unpaired) electrons. The monoisotopic (exact) mass is 263 g/mol. The molecule has 3 rings (SSSR count). The third kappa shape index (κ3) is 2.65. The molecule has 1 aromatic heterocycles. The van der Waals surface area contributed by atoms with E-state index in [0.29, 0.717) is 23.6 Å². The van der Waals surface area contributed by atoms with Gasteiger partial charge in [-0.15, -0.1) is 10.2 Å². The Labute approximate surface area is 113 Å². The van der Waals surface area contributed by atoms with Crippen molar-refractivity contribution in [1.82, 2.24) is 15.1 Å². The predicted octanol–water partition coefficient (Wildman–Crippen LogP) is 2.31. The molecule has 0 N–H and O–H groups in total. The topological polar surface area (TPSA) is 59.2 Å². The summed E-state index contributed by atoms with van der Waals surface area (Å²) in [5, 5.41) is 8.24. The van der Waals surface area contributed by atoms with Crippen LogP contribution in [-0.2, 0) is 4.79 Å². The summed E-state index contributed by atoms with van der Waals surface area (Å²) in [5.41, 5.74) is 0. The largest absolute Gasteiger partial charge is 0.425 e. The average molecular weight is 263 g/mol. The molecule has 0 spiro atoms. The molecule has 2 aliphatic rings. The molecule has 19 heavy (non-hydrogen) atoms. The molecule has 1 aromatic rings. The maximum absolute atomic E-state index is 12.0. The first-order valence-corrected chi connectivity index (χ1v) is 7.27. The Morgan fingerprint density at radius 3 is 2.42 bits per heavy atom. The van der Waals surface area contributed by atoms with Crippen molar-refractivity contribution in [1.29, 1.82) is 0 Å². The van der Waals surface area contributed by atoms with Gasteiger partial charge in [-0.25, -0.2) is 0 Å². The van der Waals surface area contributed by atoms with Crippen molar-refractivity contribution in [2.75, 3.05) is 13.1 Å². The Morgan fingerprint density at radius 1 is 1.21 bits per heavy atom. The fourth-order valence-electron chi connectivity index (χ4n) is 2.58. The Kier molecular flexibility index (Phi) is 3.29. The first-order chi connectivity index (χ1) is 9.15. The van der Waals surface area contributed by atoms with Crippen LogP contribution in [0.2, 0.25) is 0 Å². The van der Waals surface area contributed by atoms with Crippen molar-refractivity contribution in [3.8, 4) is 0 Å². The van der Waals surface area contributed by atoms with Crippen LogP contribution in [0.3, 0.4) is 0 Å². The lowest BCUT2D eigenvalue weighted by molar-refractivity contribution is -0.133. The van der Waals surface area contributed by atoms with Crippen LogP contribution in [0.1, 0.15) is 63.1 Å². The molecular formula is C14H21N3O2. The molecule has 0 atom stereocenters. The molecule has 0 aromatic carbocycles. The third-order valence-electron chi connectivity index (χ3n) is 4.03. The summed E-state index contributed by atoms with van der Waals surface area (Å²) >= 11 is 0. The Morgan fingerprint density at radius 2 is 1.89 bits per heavy atom. The van der Waals surface area contributed by atoms with Gasteiger partial charge in [0.05, 0.1) is 0 Å². The molecule has 1 aliphatic heterocycles. The normalized spacial score (nSPS) is 21.1. The zero-order valence-electron chi connectivity index (χ0n) is 11.6. The standard InChI is InChI=1S/C14H21N3O2/c1-9(2)12-15-16-13(19-12)10-5-7-17(8-6-10)14(18)11-3-4-11/h9-11H,3-8H2,1-2H3. The number of amides is 1. The van der Waals surface area contributed by atoms with Gasteiger partial charge in [-0.05, 0) is 25.7 Å². The summed E-state index contributed by atoms with van der Waals surface area (Å²) in [6, 6.07) is 0. The highest BCUT2D eigenvalue weighted by molar-refractivity contribution is 5.81. The molecule has 0 unspecified atom stereocenters. The minimum absolute atomic E-state index is 0.276. The number of piperidine rings is 1. The van der Waals surface area contributed by atoms with Crippen molar-refractivity contribution in [2.45, 2.75) is 51.4 Å². The lowest BCUT2D eigenvalue weighted by Crippen LogP contribution is -2.38. The summed E-state index contributed by atoms with van der Waals surface area (Å²) in [6.07, 6.45) is 4.05. The summed E-state index contributed by atoms with van der Waals surface area (Å²) in [6.45, 7) is 5.77. The van der Waals surface area contributed by atoms with E-state index in [1.807, 2.05) is 18.7 Å². The number of carbonyl (C=O) groups excluding carboxylic acids is 1. The Bertz CT molecular complexity index is 457. The maximum Gasteiger partial charge on any atom is 0.225 e. The highest BCUT2D eigenvalue weighted by atomic mass is 16.4. The van der Waals surface area contributed by atoms with Crippen molar-refractivity contribution < 1.29 is 9.21 Å². The van der Waals surface area contributed by atoms with E-state index in [1.54, 1.807) is 0 Å². The first kappa shape index (κ1) is 12.6. The minimum Gasteiger partial charge on any atom is -0.425 e. The van der Waals surface area contributed by atoms with Crippen molar-refractivity contribution in [3.05, 3.63) is 11.8 Å². The molecule has 5 nitrogen and oxygen atoms in total. The highest BCUT2D eigenvalue weighted by Crippen LogP contribution is 2.34. The predicted molar refractivity (Wildman–Crippen MR) is 69.7 cm³/mol. The molecule has 1 saturated heterocycles. The zero-order valence-corrected chi connectivity index (χ0v) is 11.6. The molecule has 1 aliphatic carbocycles. The lowest BCUT2D eigenvalue weighted by atomic mass is 9.96. The van der Waals surface area contributed by atoms with Crippen LogP contribution in [0.4, 0.5) is 0 Å². The number of aromatic nitrogens is 2. The van der Waals surface area contributed by atoms with Crippen molar-refractivity contribution >= 4 is 5.91 Å². The number of hydrogen-bond acceptors (Lipinski definition) is 4. The SMILES string of the molecule is CC(C)c1nnc(C2CCN(C(=O)C3CC3)CC2)o1. The van der Waals surface area contributed by atoms with Gasteiger partial charge in [-0.3, -0.25) is 4.79 Å². The lowest BCUT2D eigenvalue weighted by Gasteiger charge is -2.30. The summed E-state index contributed by atoms with van der Waals surface area (Å²) < 4.78 is 5.71. The smallest absolute Gasteiger partial charge is 0.225 e. The van der Waals surface area contributed by atoms with Crippen molar-refractivity contribution in [2.24, 2.45) is 5.92 Å². The van der Waals surface area contributed by atoms with Crippen LogP contribution < -0.4 is 0 Å². The van der Waals surface area contributed by atoms with Gasteiger partial charge in [-0.2, -0.15) is 0 Å². The van der Waals surface area contributed by atoms with Gasteiger partial charge in [0.2, 0.25) is 17.7 Å². The average Bonchev–Trinajstić information content (AvgIpc) is 3.14. The molecule has 1 amide bonds. The number of hydrogen-bond donors (Lipinski definition) is 0. The fourth-order valence-corrected chi connectivity index (χ4v) is 2.58. The van der Waals surface area contributed by atoms with E-state index in [2.05, 4.69) is 10.2 Å². The molecule has 0 bridgehead atoms. The van der Waals surface area contributed by atoms with Crippen LogP contribution >= 0.6 is 0 Å². The van der Waals surface area contributed by atoms with E-state index in [-0.39, 0.29) is 5.92 Å². The van der Waals surface area contributed by atoms with Gasteiger partial charge in [-0.1, -0.05) is 13.8 Å². The van der Waals surface area contributed by atoms with Crippen molar-refractivity contribution in [3.63, 3.8) is 0 Å². The molecule has 5 heteroatoms. The Balaban J connectivity index is 1.58. The maximum atomic E-state index is 12.0. The molecule has 2 heterocycles. The second kappa shape index (κ2) is 4.94. The van der Waals surface area contributed by atoms with Gasteiger partial charge in [0.15, 0.2) is 0 Å². The number of rotatable bonds is 3. The molecule has 2 fully saturated rings. The van der Waals surface area contributed by atoms with E-state index < -0.39 is 0 Å². The van der Waals surface area contributed by atoms with E-state index in [0.717, 1.165) is 44.7 Å². The van der Waals surface area contributed by atoms with E-state index in [1.165, 1.54) is 0 Å². The zero-order chi connectivity index (χ0) is 13.4. The first-order valence-electron chi connectivity index (χ1n) is 7.27. The second-order valence-electron chi connectivity index (χ2n) is 6.01. The molecule has 104 valence electrons. The summed E-state index contributed by atoms with van der Waals surface area (Å²) in [7, 11) is 0.